The van der Waals surface area contributed by atoms with Crippen molar-refractivity contribution in [1.29, 1.82) is 0 Å². The molecular formula is C18H25ClFN3O2. The van der Waals surface area contributed by atoms with Crippen LogP contribution in [-0.2, 0) is 16.0 Å². The number of rotatable bonds is 5. The third kappa shape index (κ3) is 5.59. The predicted molar refractivity (Wildman–Crippen MR) is 97.4 cm³/mol. The number of likely N-dealkylation sites (tertiary alicyclic amines) is 1. The Labute approximate surface area is 153 Å². The molecule has 0 amide bonds. The zero-order valence-electron chi connectivity index (χ0n) is 14.7. The van der Waals surface area contributed by atoms with Crippen molar-refractivity contribution < 1.29 is 13.9 Å². The molecule has 1 aliphatic heterocycles. The van der Waals surface area contributed by atoms with Crippen LogP contribution in [0.15, 0.2) is 23.2 Å². The summed E-state index contributed by atoms with van der Waals surface area (Å²) in [5.74, 6) is 0.169. The lowest BCUT2D eigenvalue weighted by Crippen LogP contribution is -2.48. The first-order valence-electron chi connectivity index (χ1n) is 8.61. The normalized spacial score (nSPS) is 18.2. The number of carbonyl (C=O) groups excluding carboxylic acids is 1. The lowest BCUT2D eigenvalue weighted by molar-refractivity contribution is -0.149. The summed E-state index contributed by atoms with van der Waals surface area (Å²) in [6.45, 7) is 4.31. The molecule has 138 valence electrons. The van der Waals surface area contributed by atoms with Crippen molar-refractivity contribution in [3.8, 4) is 0 Å². The minimum absolute atomic E-state index is 0.112. The van der Waals surface area contributed by atoms with Crippen molar-refractivity contribution in [3.05, 3.63) is 34.6 Å². The van der Waals surface area contributed by atoms with Gasteiger partial charge in [-0.1, -0.05) is 17.7 Å². The van der Waals surface area contributed by atoms with Crippen LogP contribution in [0.5, 0.6) is 0 Å². The Bertz CT molecular complexity index is 624. The highest BCUT2D eigenvalue weighted by Gasteiger charge is 2.28. The van der Waals surface area contributed by atoms with Gasteiger partial charge in [0, 0.05) is 31.7 Å². The van der Waals surface area contributed by atoms with Gasteiger partial charge in [0.2, 0.25) is 0 Å². The van der Waals surface area contributed by atoms with Crippen LogP contribution in [0.2, 0.25) is 5.02 Å². The molecule has 1 aliphatic rings. The molecule has 1 unspecified atom stereocenters. The zero-order chi connectivity index (χ0) is 18.2. The Morgan fingerprint density at radius 2 is 2.32 bits per heavy atom. The molecular weight excluding hydrogens is 345 g/mol. The maximum absolute atomic E-state index is 13.1. The number of aliphatic imine (C=N–C) groups is 1. The van der Waals surface area contributed by atoms with Gasteiger partial charge in [0.25, 0.3) is 0 Å². The van der Waals surface area contributed by atoms with Gasteiger partial charge in [-0.15, -0.1) is 0 Å². The molecule has 0 aliphatic carbocycles. The second kappa shape index (κ2) is 9.61. The molecule has 0 aromatic heterocycles. The van der Waals surface area contributed by atoms with Crippen molar-refractivity contribution in [2.45, 2.75) is 26.2 Å². The average Bonchev–Trinajstić information content (AvgIpc) is 2.60. The van der Waals surface area contributed by atoms with Crippen molar-refractivity contribution in [2.75, 3.05) is 33.3 Å². The van der Waals surface area contributed by atoms with Gasteiger partial charge < -0.3 is 15.0 Å². The fraction of sp³-hybridized carbons (Fsp3) is 0.556. The highest BCUT2D eigenvalue weighted by atomic mass is 35.5. The van der Waals surface area contributed by atoms with E-state index in [4.69, 9.17) is 16.3 Å². The van der Waals surface area contributed by atoms with E-state index in [1.54, 1.807) is 13.1 Å². The number of hydrogen-bond acceptors (Lipinski definition) is 3. The van der Waals surface area contributed by atoms with Crippen molar-refractivity contribution in [1.82, 2.24) is 10.2 Å². The molecule has 7 heteroatoms. The van der Waals surface area contributed by atoms with E-state index < -0.39 is 0 Å². The molecule has 1 atom stereocenters. The SMILES string of the molecule is CCOC(=O)C1CCCN(C(=NC)NCCc2ccc(F)cc2Cl)C1. The van der Waals surface area contributed by atoms with Gasteiger partial charge in [0.05, 0.1) is 12.5 Å². The molecule has 1 heterocycles. The van der Waals surface area contributed by atoms with Crippen molar-refractivity contribution in [2.24, 2.45) is 10.9 Å². The molecule has 0 bridgehead atoms. The topological polar surface area (TPSA) is 53.9 Å². The first-order valence-corrected chi connectivity index (χ1v) is 8.99. The van der Waals surface area contributed by atoms with Gasteiger partial charge in [-0.25, -0.2) is 4.39 Å². The summed E-state index contributed by atoms with van der Waals surface area (Å²) in [4.78, 5) is 18.4. The van der Waals surface area contributed by atoms with E-state index in [0.29, 0.717) is 31.1 Å². The highest BCUT2D eigenvalue weighted by molar-refractivity contribution is 6.31. The summed E-state index contributed by atoms with van der Waals surface area (Å²) >= 11 is 6.05. The molecule has 1 saturated heterocycles. The zero-order valence-corrected chi connectivity index (χ0v) is 15.5. The molecule has 1 aromatic rings. The quantitative estimate of drug-likeness (QED) is 0.492. The monoisotopic (exact) mass is 369 g/mol. The number of carbonyl (C=O) groups is 1. The fourth-order valence-electron chi connectivity index (χ4n) is 2.99. The molecule has 1 fully saturated rings. The number of ether oxygens (including phenoxy) is 1. The molecule has 0 spiro atoms. The van der Waals surface area contributed by atoms with E-state index in [-0.39, 0.29) is 17.7 Å². The van der Waals surface area contributed by atoms with E-state index in [1.807, 2.05) is 6.92 Å². The van der Waals surface area contributed by atoms with E-state index in [2.05, 4.69) is 15.2 Å². The van der Waals surface area contributed by atoms with E-state index in [9.17, 15) is 9.18 Å². The van der Waals surface area contributed by atoms with Crippen LogP contribution in [0, 0.1) is 11.7 Å². The maximum Gasteiger partial charge on any atom is 0.310 e. The van der Waals surface area contributed by atoms with Crippen LogP contribution in [0.4, 0.5) is 4.39 Å². The molecule has 0 radical (unpaired) electrons. The second-order valence-corrected chi connectivity index (χ2v) is 6.40. The summed E-state index contributed by atoms with van der Waals surface area (Å²) in [6, 6.07) is 4.42. The van der Waals surface area contributed by atoms with Crippen molar-refractivity contribution in [3.63, 3.8) is 0 Å². The number of esters is 1. The summed E-state index contributed by atoms with van der Waals surface area (Å²) in [5, 5.41) is 3.72. The van der Waals surface area contributed by atoms with Crippen LogP contribution in [-0.4, -0.2) is 50.1 Å². The van der Waals surface area contributed by atoms with Crippen molar-refractivity contribution >= 4 is 23.5 Å². The minimum atomic E-state index is -0.337. The standard InChI is InChI=1S/C18H25ClFN3O2/c1-3-25-17(24)14-5-4-10-23(12-14)18(21-2)22-9-8-13-6-7-15(20)11-16(13)19/h6-7,11,14H,3-5,8-10,12H2,1-2H3,(H,21,22). The van der Waals surface area contributed by atoms with E-state index in [0.717, 1.165) is 30.9 Å². The van der Waals surface area contributed by atoms with Crippen LogP contribution >= 0.6 is 11.6 Å². The number of hydrogen-bond donors (Lipinski definition) is 1. The molecule has 0 saturated carbocycles. The van der Waals surface area contributed by atoms with Gasteiger partial charge in [-0.2, -0.15) is 0 Å². The van der Waals surface area contributed by atoms with Gasteiger partial charge >= 0.3 is 5.97 Å². The first kappa shape index (κ1) is 19.5. The number of nitrogens with one attached hydrogen (secondary N) is 1. The molecule has 5 nitrogen and oxygen atoms in total. The van der Waals surface area contributed by atoms with Gasteiger partial charge in [-0.05, 0) is 43.9 Å². The summed E-state index contributed by atoms with van der Waals surface area (Å²) in [6.07, 6.45) is 2.43. The summed E-state index contributed by atoms with van der Waals surface area (Å²) in [7, 11) is 1.72. The highest BCUT2D eigenvalue weighted by Crippen LogP contribution is 2.19. The third-order valence-corrected chi connectivity index (χ3v) is 4.60. The summed E-state index contributed by atoms with van der Waals surface area (Å²) in [5.41, 5.74) is 0.883. The maximum atomic E-state index is 13.1. The van der Waals surface area contributed by atoms with E-state index in [1.165, 1.54) is 12.1 Å². The smallest absolute Gasteiger partial charge is 0.310 e. The first-order chi connectivity index (χ1) is 12.0. The Kier molecular flexibility index (Phi) is 7.50. The van der Waals surface area contributed by atoms with Gasteiger partial charge in [0.15, 0.2) is 5.96 Å². The number of benzene rings is 1. The fourth-order valence-corrected chi connectivity index (χ4v) is 3.25. The molecule has 1 N–H and O–H groups in total. The number of nitrogens with zero attached hydrogens (tertiary/aromatic N) is 2. The van der Waals surface area contributed by atoms with Crippen LogP contribution in [0.1, 0.15) is 25.3 Å². The number of guanidine groups is 1. The number of halogens is 2. The molecule has 25 heavy (non-hydrogen) atoms. The number of piperidine rings is 1. The second-order valence-electron chi connectivity index (χ2n) is 6.00. The average molecular weight is 370 g/mol. The van der Waals surface area contributed by atoms with Crippen LogP contribution < -0.4 is 5.32 Å². The van der Waals surface area contributed by atoms with E-state index >= 15 is 0 Å². The van der Waals surface area contributed by atoms with Crippen LogP contribution in [0.3, 0.4) is 0 Å². The minimum Gasteiger partial charge on any atom is -0.466 e. The molecule has 2 rings (SSSR count). The largest absolute Gasteiger partial charge is 0.466 e. The third-order valence-electron chi connectivity index (χ3n) is 4.25. The Morgan fingerprint density at radius 1 is 1.52 bits per heavy atom. The Morgan fingerprint density at radius 3 is 3.00 bits per heavy atom. The Balaban J connectivity index is 1.88. The van der Waals surface area contributed by atoms with Crippen LogP contribution in [0.25, 0.3) is 0 Å². The lowest BCUT2D eigenvalue weighted by Gasteiger charge is -2.34. The molecule has 1 aromatic carbocycles. The lowest BCUT2D eigenvalue weighted by atomic mass is 9.98. The van der Waals surface area contributed by atoms with Gasteiger partial charge in [-0.3, -0.25) is 9.79 Å². The van der Waals surface area contributed by atoms with Gasteiger partial charge in [0.1, 0.15) is 5.82 Å². The predicted octanol–water partition coefficient (Wildman–Crippen LogP) is 2.87. The Hall–Kier alpha value is -1.82. The summed E-state index contributed by atoms with van der Waals surface area (Å²) < 4.78 is 18.2.